The normalized spacial score (nSPS) is 5.33. The van der Waals surface area contributed by atoms with Crippen LogP contribution in [0, 0.1) is 16.1 Å². The lowest BCUT2D eigenvalue weighted by Crippen LogP contribution is -2.23. The molecule has 0 aliphatic rings. The summed E-state index contributed by atoms with van der Waals surface area (Å²) in [6.45, 7) is 0. The van der Waals surface area contributed by atoms with Crippen LogP contribution < -0.4 is 28.8 Å². The molecule has 70 valence electrons. The van der Waals surface area contributed by atoms with Crippen molar-refractivity contribution in [2.45, 2.75) is 0 Å². The summed E-state index contributed by atoms with van der Waals surface area (Å²) in [6, 6.07) is 0. The number of hydrogen-bond acceptors (Lipinski definition) is 5. The van der Waals surface area contributed by atoms with E-state index in [0.29, 0.717) is 0 Å². The van der Waals surface area contributed by atoms with Gasteiger partial charge in [-0.15, -0.1) is 5.10 Å². The maximum absolute atomic E-state index is 7.18. The zero-order chi connectivity index (χ0) is 10.6. The Morgan fingerprint density at radius 1 is 1.33 bits per heavy atom. The number of hydrazone groups is 1. The Bertz CT molecular complexity index is 160. The van der Waals surface area contributed by atoms with Gasteiger partial charge in [-0.25, -0.2) is 0 Å². The van der Waals surface area contributed by atoms with Gasteiger partial charge < -0.3 is 28.8 Å². The number of nitriles is 1. The summed E-state index contributed by atoms with van der Waals surface area (Å²) in [4.78, 5) is 0. The minimum Gasteiger partial charge on any atom is -0.370 e. The molecule has 0 spiro atoms. The van der Waals surface area contributed by atoms with Gasteiger partial charge in [0.25, 0.3) is 0 Å². The van der Waals surface area contributed by atoms with E-state index in [0.717, 1.165) is 0 Å². The molecule has 0 fully saturated rings. The lowest BCUT2D eigenvalue weighted by atomic mass is 11.1. The van der Waals surface area contributed by atoms with Crippen LogP contribution in [-0.2, 0) is 0 Å². The van der Waals surface area contributed by atoms with Crippen LogP contribution in [0.4, 0.5) is 0 Å². The Hall–Kier alpha value is -1.82. The Morgan fingerprint density at radius 3 is 1.42 bits per heavy atom. The third kappa shape index (κ3) is 13000. The average Bonchev–Trinajstić information content (AvgIpc) is 1.88. The van der Waals surface area contributed by atoms with Crippen molar-refractivity contribution in [3.8, 4) is 5.40 Å². The summed E-state index contributed by atoms with van der Waals surface area (Å²) >= 11 is 3.09. The van der Waals surface area contributed by atoms with Gasteiger partial charge in [-0.05, 0) is 0 Å². The van der Waals surface area contributed by atoms with Gasteiger partial charge in [-0.2, -0.15) is 5.26 Å². The van der Waals surface area contributed by atoms with Crippen molar-refractivity contribution in [1.29, 1.82) is 10.7 Å². The first-order chi connectivity index (χ1) is 5.42. The van der Waals surface area contributed by atoms with Crippen LogP contribution >= 0.6 is 12.6 Å². The number of nitrogens with one attached hydrogen (secondary N) is 1. The molecule has 0 aromatic heterocycles. The molecular weight excluding hydrogens is 180 g/mol. The molecule has 0 saturated carbocycles. The fourth-order valence-corrected chi connectivity index (χ4v) is 0. The predicted octanol–water partition coefficient (Wildman–Crippen LogP) is -2.63. The minimum absolute atomic E-state index is 0.0926. The third-order valence-corrected chi connectivity index (χ3v) is 0.149. The van der Waals surface area contributed by atoms with E-state index >= 15 is 0 Å². The zero-order valence-electron chi connectivity index (χ0n) is 6.23. The van der Waals surface area contributed by atoms with E-state index < -0.39 is 0 Å². The minimum atomic E-state index is -0.333. The van der Waals surface area contributed by atoms with Crippen molar-refractivity contribution < 1.29 is 0 Å². The molecular formula is C3H12N8S. The highest BCUT2D eigenvalue weighted by Gasteiger charge is 1.62. The fourth-order valence-electron chi connectivity index (χ4n) is 0. The van der Waals surface area contributed by atoms with Crippen molar-refractivity contribution in [3.63, 3.8) is 0 Å². The molecule has 9 heteroatoms. The molecule has 0 aliphatic carbocycles. The molecule has 0 saturated heterocycles. The first-order valence-corrected chi connectivity index (χ1v) is 2.78. The highest BCUT2D eigenvalue weighted by atomic mass is 32.1. The lowest BCUT2D eigenvalue weighted by Gasteiger charge is -1.76. The van der Waals surface area contributed by atoms with Crippen LogP contribution in [0.3, 0.4) is 0 Å². The molecule has 0 aliphatic heterocycles. The molecule has 12 heavy (non-hydrogen) atoms. The number of thiol groups is 1. The molecule has 0 rings (SSSR count). The van der Waals surface area contributed by atoms with Crippen LogP contribution in [0.1, 0.15) is 0 Å². The lowest BCUT2D eigenvalue weighted by molar-refractivity contribution is 1.21. The van der Waals surface area contributed by atoms with E-state index in [2.05, 4.69) is 35.0 Å². The Labute approximate surface area is 75.3 Å². The Balaban J connectivity index is -0.000000105. The van der Waals surface area contributed by atoms with Crippen LogP contribution in [-0.4, -0.2) is 11.9 Å². The molecule has 0 aromatic rings. The Kier molecular flexibility index (Phi) is 22.3. The van der Waals surface area contributed by atoms with Crippen LogP contribution in [0.25, 0.3) is 0 Å². The second kappa shape index (κ2) is 16.1. The van der Waals surface area contributed by atoms with Crippen molar-refractivity contribution >= 4 is 24.5 Å². The van der Waals surface area contributed by atoms with E-state index in [9.17, 15) is 0 Å². The van der Waals surface area contributed by atoms with Crippen molar-refractivity contribution in [1.82, 2.24) is 0 Å². The summed E-state index contributed by atoms with van der Waals surface area (Å²) in [7, 11) is 0. The molecule has 8 nitrogen and oxygen atoms in total. The number of nitrogens with zero attached hydrogens (tertiary/aromatic N) is 2. The topological polar surface area (TPSA) is 190 Å². The molecule has 0 unspecified atom stereocenters. The summed E-state index contributed by atoms with van der Waals surface area (Å²) in [5.74, 6) is 4.08. The Morgan fingerprint density at radius 2 is 1.42 bits per heavy atom. The van der Waals surface area contributed by atoms with Gasteiger partial charge in [0.2, 0.25) is 5.96 Å². The van der Waals surface area contributed by atoms with Crippen LogP contribution in [0.5, 0.6) is 0 Å². The second-order valence-electron chi connectivity index (χ2n) is 1.11. The number of hydrogen-bond donors (Lipinski definition) is 7. The van der Waals surface area contributed by atoms with E-state index in [-0.39, 0.29) is 11.9 Å². The van der Waals surface area contributed by atoms with E-state index in [4.69, 9.17) is 22.1 Å². The maximum atomic E-state index is 7.18. The van der Waals surface area contributed by atoms with Crippen molar-refractivity contribution in [2.24, 2.45) is 33.9 Å². The summed E-state index contributed by atoms with van der Waals surface area (Å²) < 4.78 is 0. The van der Waals surface area contributed by atoms with Gasteiger partial charge >= 0.3 is 0 Å². The molecule has 0 radical (unpaired) electrons. The van der Waals surface area contributed by atoms with Crippen LogP contribution in [0.15, 0.2) is 5.10 Å². The molecule has 0 bridgehead atoms. The molecule has 0 amide bonds. The molecule has 0 heterocycles. The number of nitrogens with two attached hydrogens (primary N) is 5. The summed E-state index contributed by atoms with van der Waals surface area (Å²) in [5, 5.41) is 17.5. The maximum Gasteiger partial charge on any atom is 0.208 e. The van der Waals surface area contributed by atoms with E-state index in [1.165, 1.54) is 5.40 Å². The second-order valence-corrected chi connectivity index (χ2v) is 1.31. The largest absolute Gasteiger partial charge is 0.370 e. The van der Waals surface area contributed by atoms with Crippen molar-refractivity contribution in [3.05, 3.63) is 0 Å². The monoisotopic (exact) mass is 192 g/mol. The van der Waals surface area contributed by atoms with Gasteiger partial charge in [-0.3, -0.25) is 5.41 Å². The van der Waals surface area contributed by atoms with Gasteiger partial charge in [0.1, 0.15) is 5.40 Å². The average molecular weight is 192 g/mol. The van der Waals surface area contributed by atoms with E-state index in [1.807, 2.05) is 0 Å². The number of thiocyanates is 1. The highest BCUT2D eigenvalue weighted by molar-refractivity contribution is 7.85. The smallest absolute Gasteiger partial charge is 0.208 e. The summed E-state index contributed by atoms with van der Waals surface area (Å²) in [5.41, 5.74) is 18.3. The zero-order valence-corrected chi connectivity index (χ0v) is 7.12. The van der Waals surface area contributed by atoms with Gasteiger partial charge in [-0.1, -0.05) is 12.6 Å². The first-order valence-electron chi connectivity index (χ1n) is 2.33. The van der Waals surface area contributed by atoms with Gasteiger partial charge in [0.15, 0.2) is 5.96 Å². The number of rotatable bonds is 0. The van der Waals surface area contributed by atoms with Gasteiger partial charge in [0, 0.05) is 0 Å². The molecule has 11 N–H and O–H groups in total. The summed E-state index contributed by atoms with van der Waals surface area (Å²) in [6.07, 6.45) is 0. The van der Waals surface area contributed by atoms with Crippen LogP contribution in [0.2, 0.25) is 0 Å². The quantitative estimate of drug-likeness (QED) is 0.0548. The van der Waals surface area contributed by atoms with Gasteiger partial charge in [0.05, 0.1) is 0 Å². The molecule has 0 aromatic carbocycles. The molecule has 0 atom stereocenters. The fraction of sp³-hybridized carbons (Fsp3) is 0. The highest BCUT2D eigenvalue weighted by Crippen LogP contribution is 1.46. The first kappa shape index (κ1) is 16.6. The standard InChI is InChI=1S/CH6N4.CH5N3.CHNS/c2-1(3)5-4;2-1(3)4;2-1-3/h4H2,(H4,2,3,5);(H5,2,3,4);3H. The third-order valence-electron chi connectivity index (χ3n) is 0.149. The number of guanidine groups is 2. The SMILES string of the molecule is N#CS.N=C(N)N.NN=C(N)N. The predicted molar refractivity (Wildman–Crippen MR) is 50.7 cm³/mol. The van der Waals surface area contributed by atoms with E-state index in [1.54, 1.807) is 0 Å². The van der Waals surface area contributed by atoms with Crippen molar-refractivity contribution in [2.75, 3.05) is 0 Å².